The van der Waals surface area contributed by atoms with Crippen molar-refractivity contribution in [2.75, 3.05) is 61.0 Å². The maximum Gasteiger partial charge on any atom is 0.248 e. The Balaban J connectivity index is 1.50. The summed E-state index contributed by atoms with van der Waals surface area (Å²) < 4.78 is 0. The van der Waals surface area contributed by atoms with Crippen LogP contribution >= 0.6 is 0 Å². The van der Waals surface area contributed by atoms with Crippen molar-refractivity contribution in [3.63, 3.8) is 0 Å². The molecule has 0 saturated carbocycles. The van der Waals surface area contributed by atoms with E-state index in [9.17, 15) is 14.8 Å². The highest BCUT2D eigenvalue weighted by Gasteiger charge is 2.26. The van der Waals surface area contributed by atoms with Gasteiger partial charge in [-0.3, -0.25) is 14.5 Å². The summed E-state index contributed by atoms with van der Waals surface area (Å²) in [4.78, 5) is 36.8. The standard InChI is InChI=1S/C24H29N9O4/c1-31-12-13-32(21(34)14-31)17-6-8-19(29-22(17)15-2-4-16(5-3-15)24(26)35)27-10-11-28-20-9-7-18(33(36)37)23(25)30-20/h2-9,33,36H,10-14H2,1H3,(H2,26,35)(H,27,29)(H3,25,28,30). The van der Waals surface area contributed by atoms with Gasteiger partial charge in [0.05, 0.1) is 17.9 Å². The van der Waals surface area contributed by atoms with Crippen LogP contribution in [0.15, 0.2) is 48.5 Å². The molecule has 0 spiro atoms. The fourth-order valence-electron chi connectivity index (χ4n) is 3.95. The van der Waals surface area contributed by atoms with Crippen LogP contribution < -0.4 is 32.2 Å². The number of quaternary nitrogens is 1. The van der Waals surface area contributed by atoms with Crippen LogP contribution in [0, 0.1) is 5.21 Å². The number of nitrogens with one attached hydrogen (secondary N) is 3. The van der Waals surface area contributed by atoms with Gasteiger partial charge >= 0.3 is 0 Å². The van der Waals surface area contributed by atoms with E-state index in [0.29, 0.717) is 54.8 Å². The smallest absolute Gasteiger partial charge is 0.248 e. The molecule has 1 aliphatic heterocycles. The molecule has 1 fully saturated rings. The van der Waals surface area contributed by atoms with Gasteiger partial charge in [0.25, 0.3) is 0 Å². The zero-order valence-electron chi connectivity index (χ0n) is 20.3. The van der Waals surface area contributed by atoms with Gasteiger partial charge in [0.1, 0.15) is 11.6 Å². The van der Waals surface area contributed by atoms with Crippen molar-refractivity contribution in [3.05, 3.63) is 59.3 Å². The van der Waals surface area contributed by atoms with Crippen LogP contribution in [0.5, 0.6) is 0 Å². The second kappa shape index (κ2) is 11.2. The summed E-state index contributed by atoms with van der Waals surface area (Å²) in [5.41, 5.74) is 13.4. The van der Waals surface area contributed by atoms with Crippen LogP contribution in [-0.4, -0.2) is 71.7 Å². The molecule has 4 rings (SSSR count). The summed E-state index contributed by atoms with van der Waals surface area (Å²) in [7, 11) is 1.91. The molecular formula is C24H29N9O4. The Hall–Kier alpha value is -4.30. The molecular weight excluding hydrogens is 478 g/mol. The van der Waals surface area contributed by atoms with Crippen LogP contribution in [0.25, 0.3) is 11.3 Å². The molecule has 1 unspecified atom stereocenters. The van der Waals surface area contributed by atoms with Crippen molar-refractivity contribution < 1.29 is 20.0 Å². The van der Waals surface area contributed by atoms with Crippen LogP contribution in [0.4, 0.5) is 28.8 Å². The number of pyridine rings is 2. The van der Waals surface area contributed by atoms with Crippen LogP contribution in [0.2, 0.25) is 0 Å². The van der Waals surface area contributed by atoms with Gasteiger partial charge in [-0.1, -0.05) is 12.1 Å². The lowest BCUT2D eigenvalue weighted by atomic mass is 10.1. The van der Waals surface area contributed by atoms with Crippen molar-refractivity contribution in [1.82, 2.24) is 14.9 Å². The number of nitrogens with two attached hydrogens (primary N) is 2. The number of hydrogen-bond acceptors (Lipinski definition) is 10. The second-order valence-corrected chi connectivity index (χ2v) is 8.58. The third-order valence-electron chi connectivity index (χ3n) is 5.91. The Bertz CT molecular complexity index is 1280. The highest BCUT2D eigenvalue weighted by Crippen LogP contribution is 2.32. The first-order chi connectivity index (χ1) is 17.7. The third-order valence-corrected chi connectivity index (χ3v) is 5.91. The first kappa shape index (κ1) is 25.8. The molecule has 1 saturated heterocycles. The lowest BCUT2D eigenvalue weighted by Crippen LogP contribution is -2.99. The highest BCUT2D eigenvalue weighted by atomic mass is 16.8. The molecule has 8 N–H and O–H groups in total. The molecule has 3 aromatic rings. The topological polar surface area (TPSA) is 190 Å². The zero-order valence-corrected chi connectivity index (χ0v) is 20.3. The third kappa shape index (κ3) is 6.10. The first-order valence-electron chi connectivity index (χ1n) is 11.6. The van der Waals surface area contributed by atoms with Gasteiger partial charge in [0.15, 0.2) is 5.82 Å². The zero-order chi connectivity index (χ0) is 26.5. The fraction of sp³-hybridized carbons (Fsp3) is 0.250. The average molecular weight is 508 g/mol. The van der Waals surface area contributed by atoms with E-state index >= 15 is 0 Å². The molecule has 2 aromatic heterocycles. The van der Waals surface area contributed by atoms with E-state index in [0.717, 1.165) is 12.1 Å². The average Bonchev–Trinajstić information content (AvgIpc) is 2.87. The molecule has 13 heteroatoms. The summed E-state index contributed by atoms with van der Waals surface area (Å²) in [5, 5.41) is 25.3. The maximum absolute atomic E-state index is 12.8. The number of aromatic nitrogens is 2. The Morgan fingerprint density at radius 2 is 1.70 bits per heavy atom. The van der Waals surface area contributed by atoms with Crippen molar-refractivity contribution in [3.8, 4) is 11.3 Å². The molecule has 13 nitrogen and oxygen atoms in total. The molecule has 2 amide bonds. The van der Waals surface area contributed by atoms with E-state index in [1.54, 1.807) is 41.3 Å². The molecule has 1 aromatic carbocycles. The predicted molar refractivity (Wildman–Crippen MR) is 139 cm³/mol. The monoisotopic (exact) mass is 507 g/mol. The van der Waals surface area contributed by atoms with Crippen molar-refractivity contribution in [2.24, 2.45) is 5.73 Å². The van der Waals surface area contributed by atoms with Crippen LogP contribution in [-0.2, 0) is 4.79 Å². The Kier molecular flexibility index (Phi) is 7.79. The lowest BCUT2D eigenvalue weighted by Gasteiger charge is -2.33. The van der Waals surface area contributed by atoms with Gasteiger partial charge in [-0.25, -0.2) is 15.2 Å². The normalized spacial score (nSPS) is 14.9. The summed E-state index contributed by atoms with van der Waals surface area (Å²) >= 11 is 0. The minimum absolute atomic E-state index is 0.0174. The van der Waals surface area contributed by atoms with E-state index in [-0.39, 0.29) is 17.4 Å². The Morgan fingerprint density at radius 1 is 1.05 bits per heavy atom. The summed E-state index contributed by atoms with van der Waals surface area (Å²) in [6.45, 7) is 2.53. The van der Waals surface area contributed by atoms with E-state index in [2.05, 4.69) is 15.6 Å². The number of nitrogen functional groups attached to an aromatic ring is 1. The Morgan fingerprint density at radius 3 is 2.30 bits per heavy atom. The van der Waals surface area contributed by atoms with E-state index in [1.165, 1.54) is 6.07 Å². The number of benzene rings is 1. The SMILES string of the molecule is CN1CCN(c2ccc(NCCNc3ccc([NH+]([O-])O)c(N)n3)nc2-c2ccc(C(N)=O)cc2)C(=O)C1. The molecule has 1 aliphatic rings. The maximum atomic E-state index is 12.8. The molecule has 0 radical (unpaired) electrons. The summed E-state index contributed by atoms with van der Waals surface area (Å²) in [6, 6.07) is 13.4. The molecule has 194 valence electrons. The van der Waals surface area contributed by atoms with Gasteiger partial charge < -0.3 is 32.2 Å². The number of carbonyl (C=O) groups is 2. The van der Waals surface area contributed by atoms with E-state index < -0.39 is 11.1 Å². The molecule has 0 aliphatic carbocycles. The van der Waals surface area contributed by atoms with Gasteiger partial charge in [-0.15, -0.1) is 0 Å². The van der Waals surface area contributed by atoms with Gasteiger partial charge in [-0.05, 0) is 37.4 Å². The number of amides is 2. The van der Waals surface area contributed by atoms with Crippen molar-refractivity contribution >= 4 is 40.6 Å². The Labute approximate surface area is 213 Å². The highest BCUT2D eigenvalue weighted by molar-refractivity contribution is 5.99. The minimum atomic E-state index is -1.13. The number of piperazine rings is 1. The summed E-state index contributed by atoms with van der Waals surface area (Å²) in [5.74, 6) is 0.446. The molecule has 0 bridgehead atoms. The van der Waals surface area contributed by atoms with Crippen LogP contribution in [0.3, 0.4) is 0 Å². The molecule has 1 atom stereocenters. The van der Waals surface area contributed by atoms with Crippen LogP contribution in [0.1, 0.15) is 10.4 Å². The van der Waals surface area contributed by atoms with Crippen molar-refractivity contribution in [2.45, 2.75) is 0 Å². The molecule has 3 heterocycles. The number of primary amides is 1. The second-order valence-electron chi connectivity index (χ2n) is 8.58. The van der Waals surface area contributed by atoms with Gasteiger partial charge in [0.2, 0.25) is 17.5 Å². The lowest BCUT2D eigenvalue weighted by molar-refractivity contribution is -0.990. The number of hydrogen-bond donors (Lipinski definition) is 6. The minimum Gasteiger partial charge on any atom is -0.595 e. The first-order valence-corrected chi connectivity index (χ1v) is 11.6. The van der Waals surface area contributed by atoms with Gasteiger partial charge in [0, 0.05) is 43.4 Å². The number of carbonyl (C=O) groups excluding carboxylic acids is 2. The summed E-state index contributed by atoms with van der Waals surface area (Å²) in [6.07, 6.45) is 0. The van der Waals surface area contributed by atoms with E-state index in [1.807, 2.05) is 18.0 Å². The predicted octanol–water partition coefficient (Wildman–Crippen LogP) is 0.0305. The fourth-order valence-corrected chi connectivity index (χ4v) is 3.95. The number of anilines is 4. The largest absolute Gasteiger partial charge is 0.595 e. The molecule has 37 heavy (non-hydrogen) atoms. The van der Waals surface area contributed by atoms with E-state index in [4.69, 9.17) is 21.7 Å². The number of likely N-dealkylation sites (N-methyl/N-ethyl adjacent to an activating group) is 1. The van der Waals surface area contributed by atoms with Crippen molar-refractivity contribution in [1.29, 1.82) is 0 Å². The van der Waals surface area contributed by atoms with Gasteiger partial charge in [-0.2, -0.15) is 5.23 Å². The number of nitrogens with zero attached hydrogens (tertiary/aromatic N) is 4. The number of rotatable bonds is 9. The quantitative estimate of drug-likeness (QED) is 0.170.